The molecule has 10 heteroatoms. The first-order valence-corrected chi connectivity index (χ1v) is 8.67. The maximum absolute atomic E-state index is 12.6. The van der Waals surface area contributed by atoms with Crippen LogP contribution in [0.4, 0.5) is 4.79 Å². The molecule has 0 N–H and O–H groups in total. The maximum atomic E-state index is 12.6. The second-order valence-electron chi connectivity index (χ2n) is 6.04. The number of carbonyl (C=O) groups is 2. The van der Waals surface area contributed by atoms with Crippen LogP contribution in [0.1, 0.15) is 20.3 Å². The minimum atomic E-state index is -0.653. The molecule has 3 rings (SSSR count). The molecule has 0 saturated carbocycles. The van der Waals surface area contributed by atoms with Gasteiger partial charge in [0.25, 0.3) is 0 Å². The molecule has 1 aliphatic rings. The standard InChI is InChI=1S/C16H19ClN6O3/c1-3-21(11(2)24)14-8-9-20(10-14)15(25)23-16(26)22(18-19-23)13-6-4-12(17)5-7-13/h4-7,14H,3,8-10H2,1-2H3. The highest BCUT2D eigenvalue weighted by atomic mass is 35.5. The average molecular weight is 379 g/mol. The summed E-state index contributed by atoms with van der Waals surface area (Å²) in [4.78, 5) is 40.0. The molecule has 138 valence electrons. The molecular formula is C16H19ClN6O3. The third kappa shape index (κ3) is 3.34. The van der Waals surface area contributed by atoms with E-state index >= 15 is 0 Å². The van der Waals surface area contributed by atoms with Crippen molar-refractivity contribution in [1.82, 2.24) is 29.6 Å². The van der Waals surface area contributed by atoms with Crippen molar-refractivity contribution in [2.45, 2.75) is 26.3 Å². The lowest BCUT2D eigenvalue weighted by atomic mass is 10.2. The predicted molar refractivity (Wildman–Crippen MR) is 94.5 cm³/mol. The summed E-state index contributed by atoms with van der Waals surface area (Å²) in [5, 5.41) is 7.99. The van der Waals surface area contributed by atoms with Crippen molar-refractivity contribution in [3.05, 3.63) is 39.8 Å². The van der Waals surface area contributed by atoms with Crippen LogP contribution in [-0.4, -0.2) is 67.2 Å². The molecule has 9 nitrogen and oxygen atoms in total. The Morgan fingerprint density at radius 1 is 1.27 bits per heavy atom. The van der Waals surface area contributed by atoms with Crippen molar-refractivity contribution in [2.24, 2.45) is 0 Å². The molecule has 1 unspecified atom stereocenters. The molecule has 2 aromatic rings. The van der Waals surface area contributed by atoms with Gasteiger partial charge in [-0.2, -0.15) is 4.68 Å². The first-order chi connectivity index (χ1) is 12.4. The summed E-state index contributed by atoms with van der Waals surface area (Å²) in [7, 11) is 0. The monoisotopic (exact) mass is 378 g/mol. The Bertz CT molecular complexity index is 875. The minimum Gasteiger partial charge on any atom is -0.338 e. The van der Waals surface area contributed by atoms with Gasteiger partial charge in [0, 0.05) is 31.6 Å². The maximum Gasteiger partial charge on any atom is 0.377 e. The number of likely N-dealkylation sites (tertiary alicyclic amines) is 1. The number of hydrogen-bond acceptors (Lipinski definition) is 5. The van der Waals surface area contributed by atoms with E-state index in [1.807, 2.05) is 6.92 Å². The van der Waals surface area contributed by atoms with Crippen molar-refractivity contribution in [3.63, 3.8) is 0 Å². The van der Waals surface area contributed by atoms with Gasteiger partial charge in [-0.1, -0.05) is 11.6 Å². The average Bonchev–Trinajstić information content (AvgIpc) is 3.23. The molecule has 0 bridgehead atoms. The first-order valence-electron chi connectivity index (χ1n) is 8.29. The zero-order valence-corrected chi connectivity index (χ0v) is 15.3. The molecule has 2 heterocycles. The molecule has 0 aliphatic carbocycles. The third-order valence-corrected chi connectivity index (χ3v) is 4.71. The zero-order valence-electron chi connectivity index (χ0n) is 14.5. The van der Waals surface area contributed by atoms with Gasteiger partial charge in [-0.05, 0) is 48.0 Å². The summed E-state index contributed by atoms with van der Waals surface area (Å²) in [5.41, 5.74) is -0.189. The van der Waals surface area contributed by atoms with Crippen molar-refractivity contribution in [3.8, 4) is 5.69 Å². The predicted octanol–water partition coefficient (Wildman–Crippen LogP) is 0.993. The van der Waals surface area contributed by atoms with Gasteiger partial charge in [0.15, 0.2) is 0 Å². The van der Waals surface area contributed by atoms with E-state index < -0.39 is 11.7 Å². The molecule has 26 heavy (non-hydrogen) atoms. The smallest absolute Gasteiger partial charge is 0.338 e. The van der Waals surface area contributed by atoms with Crippen LogP contribution < -0.4 is 5.69 Å². The first kappa shape index (κ1) is 18.1. The van der Waals surface area contributed by atoms with Crippen LogP contribution in [0.2, 0.25) is 5.02 Å². The van der Waals surface area contributed by atoms with Gasteiger partial charge in [-0.15, -0.1) is 4.68 Å². The van der Waals surface area contributed by atoms with E-state index in [-0.39, 0.29) is 11.9 Å². The number of rotatable bonds is 3. The van der Waals surface area contributed by atoms with Crippen molar-refractivity contribution in [2.75, 3.05) is 19.6 Å². The Hall–Kier alpha value is -2.68. The summed E-state index contributed by atoms with van der Waals surface area (Å²) in [5.74, 6) is -0.0300. The zero-order chi connectivity index (χ0) is 18.8. The summed E-state index contributed by atoms with van der Waals surface area (Å²) >= 11 is 5.84. The van der Waals surface area contributed by atoms with Gasteiger partial charge in [-0.3, -0.25) is 4.79 Å². The van der Waals surface area contributed by atoms with Crippen LogP contribution in [0.5, 0.6) is 0 Å². The fraction of sp³-hybridized carbons (Fsp3) is 0.438. The topological polar surface area (TPSA) is 93.3 Å². The number of tetrazole rings is 1. The summed E-state index contributed by atoms with van der Waals surface area (Å²) in [6.45, 7) is 4.80. The fourth-order valence-electron chi connectivity index (χ4n) is 3.15. The number of amides is 2. The van der Waals surface area contributed by atoms with Gasteiger partial charge >= 0.3 is 11.7 Å². The lowest BCUT2D eigenvalue weighted by molar-refractivity contribution is -0.130. The van der Waals surface area contributed by atoms with Crippen molar-refractivity contribution >= 4 is 23.5 Å². The highest BCUT2D eigenvalue weighted by Gasteiger charge is 2.33. The Kier molecular flexibility index (Phi) is 5.08. The summed E-state index contributed by atoms with van der Waals surface area (Å²) in [6, 6.07) is 5.88. The molecule has 1 atom stereocenters. The second-order valence-corrected chi connectivity index (χ2v) is 6.47. The van der Waals surface area contributed by atoms with Gasteiger partial charge in [-0.25, -0.2) is 9.59 Å². The number of benzene rings is 1. The van der Waals surface area contributed by atoms with Crippen LogP contribution in [0.3, 0.4) is 0 Å². The number of carbonyl (C=O) groups excluding carboxylic acids is 2. The van der Waals surface area contributed by atoms with E-state index in [1.54, 1.807) is 29.2 Å². The highest BCUT2D eigenvalue weighted by molar-refractivity contribution is 6.30. The summed E-state index contributed by atoms with van der Waals surface area (Å²) < 4.78 is 1.77. The molecule has 1 saturated heterocycles. The van der Waals surface area contributed by atoms with Crippen molar-refractivity contribution in [1.29, 1.82) is 0 Å². The fourth-order valence-corrected chi connectivity index (χ4v) is 3.28. The largest absolute Gasteiger partial charge is 0.377 e. The Morgan fingerprint density at radius 3 is 2.58 bits per heavy atom. The lowest BCUT2D eigenvalue weighted by Crippen LogP contribution is -2.44. The van der Waals surface area contributed by atoms with E-state index in [0.717, 1.165) is 9.36 Å². The highest BCUT2D eigenvalue weighted by Crippen LogP contribution is 2.16. The van der Waals surface area contributed by atoms with Gasteiger partial charge < -0.3 is 9.80 Å². The van der Waals surface area contributed by atoms with E-state index in [0.29, 0.717) is 36.8 Å². The number of nitrogens with zero attached hydrogens (tertiary/aromatic N) is 6. The Balaban J connectivity index is 1.78. The van der Waals surface area contributed by atoms with Gasteiger partial charge in [0.1, 0.15) is 0 Å². The lowest BCUT2D eigenvalue weighted by Gasteiger charge is -2.26. The third-order valence-electron chi connectivity index (χ3n) is 4.45. The number of likely N-dealkylation sites (N-methyl/N-ethyl adjacent to an activating group) is 1. The molecule has 0 radical (unpaired) electrons. The van der Waals surface area contributed by atoms with E-state index in [9.17, 15) is 14.4 Å². The van der Waals surface area contributed by atoms with Crippen molar-refractivity contribution < 1.29 is 9.59 Å². The van der Waals surface area contributed by atoms with Gasteiger partial charge in [0.05, 0.1) is 11.7 Å². The van der Waals surface area contributed by atoms with Gasteiger partial charge in [0.2, 0.25) is 5.91 Å². The molecule has 2 amide bonds. The van der Waals surface area contributed by atoms with Crippen LogP contribution in [0, 0.1) is 0 Å². The van der Waals surface area contributed by atoms with Crippen LogP contribution in [0.15, 0.2) is 29.1 Å². The summed E-state index contributed by atoms with van der Waals surface area (Å²) in [6.07, 6.45) is 0.666. The number of halogens is 1. The SMILES string of the molecule is CCN(C(C)=O)C1CCN(C(=O)n2nnn(-c3ccc(Cl)cc3)c2=O)C1. The molecule has 1 aromatic heterocycles. The van der Waals surface area contributed by atoms with E-state index in [1.165, 1.54) is 11.8 Å². The normalized spacial score (nSPS) is 16.7. The molecule has 0 spiro atoms. The molecule has 1 fully saturated rings. The second kappa shape index (κ2) is 7.28. The Labute approximate surface area is 154 Å². The number of aromatic nitrogens is 4. The number of hydrogen-bond donors (Lipinski definition) is 0. The quantitative estimate of drug-likeness (QED) is 0.742. The van der Waals surface area contributed by atoms with E-state index in [2.05, 4.69) is 10.4 Å². The Morgan fingerprint density at radius 2 is 1.96 bits per heavy atom. The van der Waals surface area contributed by atoms with Crippen LogP contribution >= 0.6 is 11.6 Å². The molecular weight excluding hydrogens is 360 g/mol. The molecule has 1 aromatic carbocycles. The minimum absolute atomic E-state index is 0.0300. The molecule has 1 aliphatic heterocycles. The van der Waals surface area contributed by atoms with E-state index in [4.69, 9.17) is 11.6 Å². The van der Waals surface area contributed by atoms with Crippen LogP contribution in [-0.2, 0) is 4.79 Å². The van der Waals surface area contributed by atoms with Crippen LogP contribution in [0.25, 0.3) is 5.69 Å².